The number of benzene rings is 1. The third-order valence-corrected chi connectivity index (χ3v) is 3.47. The van der Waals surface area contributed by atoms with Gasteiger partial charge in [-0.3, -0.25) is 4.98 Å². The zero-order valence-corrected chi connectivity index (χ0v) is 11.0. The van der Waals surface area contributed by atoms with Gasteiger partial charge in [-0.2, -0.15) is 5.26 Å². The zero-order chi connectivity index (χ0) is 13.2. The molecule has 0 bridgehead atoms. The molecule has 0 amide bonds. The van der Waals surface area contributed by atoms with E-state index in [1.165, 1.54) is 0 Å². The van der Waals surface area contributed by atoms with Gasteiger partial charge in [0.1, 0.15) is 0 Å². The molecule has 1 atom stereocenters. The van der Waals surface area contributed by atoms with Gasteiger partial charge in [-0.15, -0.1) is 0 Å². The molecule has 1 aromatic heterocycles. The quantitative estimate of drug-likeness (QED) is 0.801. The molecule has 1 aliphatic heterocycles. The molecule has 0 spiro atoms. The maximum Gasteiger partial charge on any atom is 0.161 e. The van der Waals surface area contributed by atoms with E-state index in [-0.39, 0.29) is 6.10 Å². The van der Waals surface area contributed by atoms with Crippen LogP contribution in [0.4, 0.5) is 5.69 Å². The number of nitrogens with zero attached hydrogens (tertiary/aromatic N) is 3. The number of morpholine rings is 1. The van der Waals surface area contributed by atoms with Gasteiger partial charge in [0.15, 0.2) is 6.10 Å². The minimum atomic E-state index is -0.371. The number of halogens is 1. The first-order chi connectivity index (χ1) is 9.28. The number of hydrogen-bond donors (Lipinski definition) is 0. The summed E-state index contributed by atoms with van der Waals surface area (Å²) in [6, 6.07) is 9.81. The van der Waals surface area contributed by atoms with Crippen molar-refractivity contribution in [3.05, 3.63) is 35.5 Å². The number of fused-ring (bicyclic) bond motifs is 1. The number of pyridine rings is 1. The Labute approximate surface area is 116 Å². The van der Waals surface area contributed by atoms with Gasteiger partial charge in [0.2, 0.25) is 0 Å². The van der Waals surface area contributed by atoms with E-state index in [0.717, 1.165) is 23.1 Å². The highest BCUT2D eigenvalue weighted by Crippen LogP contribution is 2.28. The molecule has 1 unspecified atom stereocenters. The second-order valence-electron chi connectivity index (χ2n) is 4.43. The average molecular weight is 274 g/mol. The zero-order valence-electron chi connectivity index (χ0n) is 10.2. The van der Waals surface area contributed by atoms with Crippen LogP contribution >= 0.6 is 11.6 Å². The summed E-state index contributed by atoms with van der Waals surface area (Å²) in [5.74, 6) is 0. The molecule has 4 nitrogen and oxygen atoms in total. The fraction of sp³-hybridized carbons (Fsp3) is 0.286. The van der Waals surface area contributed by atoms with Crippen molar-refractivity contribution in [3.63, 3.8) is 0 Å². The molecule has 19 heavy (non-hydrogen) atoms. The van der Waals surface area contributed by atoms with E-state index in [9.17, 15) is 0 Å². The number of nitriles is 1. The highest BCUT2D eigenvalue weighted by Gasteiger charge is 2.21. The minimum absolute atomic E-state index is 0.371. The van der Waals surface area contributed by atoms with Crippen molar-refractivity contribution in [2.45, 2.75) is 6.10 Å². The molecule has 0 radical (unpaired) electrons. The fourth-order valence-electron chi connectivity index (χ4n) is 2.33. The van der Waals surface area contributed by atoms with Crippen molar-refractivity contribution >= 4 is 28.2 Å². The number of anilines is 1. The predicted octanol–water partition coefficient (Wildman–Crippen LogP) is 2.62. The monoisotopic (exact) mass is 273 g/mol. The highest BCUT2D eigenvalue weighted by molar-refractivity contribution is 6.31. The van der Waals surface area contributed by atoms with Crippen LogP contribution in [0.15, 0.2) is 30.5 Å². The van der Waals surface area contributed by atoms with E-state index in [4.69, 9.17) is 21.6 Å². The van der Waals surface area contributed by atoms with Crippen molar-refractivity contribution in [3.8, 4) is 6.07 Å². The summed E-state index contributed by atoms with van der Waals surface area (Å²) in [5, 5.41) is 10.7. The van der Waals surface area contributed by atoms with Gasteiger partial charge in [0, 0.05) is 28.8 Å². The molecule has 1 aromatic carbocycles. The van der Waals surface area contributed by atoms with Crippen LogP contribution < -0.4 is 4.90 Å². The van der Waals surface area contributed by atoms with Crippen LogP contribution in [-0.4, -0.2) is 30.8 Å². The molecule has 2 aromatic rings. The van der Waals surface area contributed by atoms with E-state index in [2.05, 4.69) is 16.0 Å². The number of aromatic nitrogens is 1. The second-order valence-corrected chi connectivity index (χ2v) is 4.86. The topological polar surface area (TPSA) is 49.2 Å². The van der Waals surface area contributed by atoms with Crippen LogP contribution in [-0.2, 0) is 4.74 Å². The minimum Gasteiger partial charge on any atom is -0.365 e. The summed E-state index contributed by atoms with van der Waals surface area (Å²) in [4.78, 5) is 6.49. The van der Waals surface area contributed by atoms with E-state index in [0.29, 0.717) is 18.2 Å². The maximum atomic E-state index is 8.97. The van der Waals surface area contributed by atoms with E-state index in [1.54, 1.807) is 6.20 Å². The number of rotatable bonds is 1. The second kappa shape index (κ2) is 5.04. The van der Waals surface area contributed by atoms with Crippen LogP contribution in [0, 0.1) is 11.3 Å². The third-order valence-electron chi connectivity index (χ3n) is 3.23. The molecule has 0 N–H and O–H groups in total. The molecule has 3 rings (SSSR count). The Morgan fingerprint density at radius 2 is 2.32 bits per heavy atom. The van der Waals surface area contributed by atoms with Gasteiger partial charge in [-0.05, 0) is 24.3 Å². The molecule has 1 saturated heterocycles. The Balaban J connectivity index is 2.03. The van der Waals surface area contributed by atoms with E-state index >= 15 is 0 Å². The summed E-state index contributed by atoms with van der Waals surface area (Å²) in [5.41, 5.74) is 1.94. The third kappa shape index (κ3) is 2.35. The SMILES string of the molecule is N#CC1CN(c2ccnc3cc(Cl)ccc23)CCO1. The largest absolute Gasteiger partial charge is 0.365 e. The molecule has 0 saturated carbocycles. The lowest BCUT2D eigenvalue weighted by Crippen LogP contribution is -2.41. The molecular formula is C14H12ClN3O. The lowest BCUT2D eigenvalue weighted by atomic mass is 10.1. The summed E-state index contributed by atoms with van der Waals surface area (Å²) in [6.07, 6.45) is 1.40. The standard InChI is InChI=1S/C14H12ClN3O/c15-10-1-2-12-13(7-10)17-4-3-14(12)18-5-6-19-11(8-16)9-18/h1-4,7,11H,5-6,9H2. The molecule has 1 fully saturated rings. The average Bonchev–Trinajstić information content (AvgIpc) is 2.46. The Morgan fingerprint density at radius 1 is 1.42 bits per heavy atom. The van der Waals surface area contributed by atoms with Crippen molar-refractivity contribution in [2.24, 2.45) is 0 Å². The smallest absolute Gasteiger partial charge is 0.161 e. The highest BCUT2D eigenvalue weighted by atomic mass is 35.5. The normalized spacial score (nSPS) is 19.4. The predicted molar refractivity (Wildman–Crippen MR) is 74.3 cm³/mol. The van der Waals surface area contributed by atoms with Gasteiger partial charge < -0.3 is 9.64 Å². The van der Waals surface area contributed by atoms with Crippen molar-refractivity contribution < 1.29 is 4.74 Å². The van der Waals surface area contributed by atoms with Gasteiger partial charge >= 0.3 is 0 Å². The van der Waals surface area contributed by atoms with Crippen LogP contribution in [0.3, 0.4) is 0 Å². The van der Waals surface area contributed by atoms with E-state index < -0.39 is 0 Å². The van der Waals surface area contributed by atoms with Crippen molar-refractivity contribution in [1.29, 1.82) is 5.26 Å². The first-order valence-corrected chi connectivity index (χ1v) is 6.46. The Morgan fingerprint density at radius 3 is 3.16 bits per heavy atom. The van der Waals surface area contributed by atoms with Crippen LogP contribution in [0.1, 0.15) is 0 Å². The summed E-state index contributed by atoms with van der Waals surface area (Å²) < 4.78 is 5.37. The number of hydrogen-bond acceptors (Lipinski definition) is 4. The Bertz CT molecular complexity index is 653. The summed E-state index contributed by atoms with van der Waals surface area (Å²) in [6.45, 7) is 1.92. The fourth-order valence-corrected chi connectivity index (χ4v) is 2.49. The summed E-state index contributed by atoms with van der Waals surface area (Å²) >= 11 is 5.99. The van der Waals surface area contributed by atoms with E-state index in [1.807, 2.05) is 24.3 Å². The molecule has 1 aliphatic rings. The molecule has 5 heteroatoms. The molecular weight excluding hydrogens is 262 g/mol. The van der Waals surface area contributed by atoms with Gasteiger partial charge in [-0.25, -0.2) is 0 Å². The lowest BCUT2D eigenvalue weighted by molar-refractivity contribution is 0.0765. The molecule has 2 heterocycles. The van der Waals surface area contributed by atoms with Crippen molar-refractivity contribution in [1.82, 2.24) is 4.98 Å². The van der Waals surface area contributed by atoms with Crippen molar-refractivity contribution in [2.75, 3.05) is 24.6 Å². The van der Waals surface area contributed by atoms with Crippen LogP contribution in [0.25, 0.3) is 10.9 Å². The van der Waals surface area contributed by atoms with Crippen LogP contribution in [0.2, 0.25) is 5.02 Å². The van der Waals surface area contributed by atoms with Gasteiger partial charge in [-0.1, -0.05) is 11.6 Å². The van der Waals surface area contributed by atoms with Gasteiger partial charge in [0.25, 0.3) is 0 Å². The molecule has 0 aliphatic carbocycles. The maximum absolute atomic E-state index is 8.97. The molecule has 96 valence electrons. The first-order valence-electron chi connectivity index (χ1n) is 6.08. The number of ether oxygens (including phenoxy) is 1. The Kier molecular flexibility index (Phi) is 3.24. The summed E-state index contributed by atoms with van der Waals surface area (Å²) in [7, 11) is 0. The van der Waals surface area contributed by atoms with Crippen LogP contribution in [0.5, 0.6) is 0 Å². The lowest BCUT2D eigenvalue weighted by Gasteiger charge is -2.32. The first kappa shape index (κ1) is 12.2. The Hall–Kier alpha value is -1.83. The van der Waals surface area contributed by atoms with Gasteiger partial charge in [0.05, 0.1) is 24.7 Å².